The summed E-state index contributed by atoms with van der Waals surface area (Å²) < 4.78 is 5.13. The second-order valence-corrected chi connectivity index (χ2v) is 3.75. The molecule has 1 aromatic rings. The summed E-state index contributed by atoms with van der Waals surface area (Å²) in [4.78, 5) is 22.4. The van der Waals surface area contributed by atoms with E-state index in [1.807, 2.05) is 0 Å². The second kappa shape index (κ2) is 3.12. The van der Waals surface area contributed by atoms with Crippen LogP contribution in [0.2, 0.25) is 0 Å². The summed E-state index contributed by atoms with van der Waals surface area (Å²) in [6, 6.07) is 3.31. The Morgan fingerprint density at radius 1 is 1.47 bits per heavy atom. The highest BCUT2D eigenvalue weighted by molar-refractivity contribution is 6.10. The van der Waals surface area contributed by atoms with Gasteiger partial charge in [-0.25, -0.2) is 0 Å². The molecule has 1 aromatic heterocycles. The minimum atomic E-state index is -1.22. The number of rotatable bonds is 3. The largest absolute Gasteiger partial charge is 0.480 e. The maximum atomic E-state index is 11.6. The van der Waals surface area contributed by atoms with E-state index in [0.29, 0.717) is 24.5 Å². The first kappa shape index (κ1) is 9.76. The lowest BCUT2D eigenvalue weighted by molar-refractivity contribution is -0.147. The molecule has 0 spiro atoms. The number of aliphatic carboxylic acids is 1. The van der Waals surface area contributed by atoms with Crippen molar-refractivity contribution in [3.8, 4) is 0 Å². The first-order chi connectivity index (χ1) is 7.04. The van der Waals surface area contributed by atoms with Gasteiger partial charge in [-0.15, -0.1) is 0 Å². The summed E-state index contributed by atoms with van der Waals surface area (Å²) in [5.41, 5.74) is -1.22. The van der Waals surface area contributed by atoms with E-state index in [0.717, 1.165) is 0 Å². The molecule has 80 valence electrons. The van der Waals surface area contributed by atoms with Crippen LogP contribution in [0, 0.1) is 12.3 Å². The molecule has 5 nitrogen and oxygen atoms in total. The third-order valence-electron chi connectivity index (χ3n) is 2.57. The normalized spacial score (nSPS) is 17.1. The monoisotopic (exact) mass is 209 g/mol. The van der Waals surface area contributed by atoms with Crippen LogP contribution in [0.1, 0.15) is 18.6 Å². The van der Waals surface area contributed by atoms with Gasteiger partial charge >= 0.3 is 5.97 Å². The number of anilines is 1. The molecule has 0 radical (unpaired) electrons. The number of carbonyl (C=O) groups is 2. The lowest BCUT2D eigenvalue weighted by atomic mass is 10.1. The molecule has 1 heterocycles. The van der Waals surface area contributed by atoms with E-state index in [4.69, 9.17) is 9.52 Å². The summed E-state index contributed by atoms with van der Waals surface area (Å²) in [5.74, 6) is -0.594. The predicted molar refractivity (Wildman–Crippen MR) is 51.4 cm³/mol. The van der Waals surface area contributed by atoms with Gasteiger partial charge in [0.2, 0.25) is 5.91 Å². The summed E-state index contributed by atoms with van der Waals surface area (Å²) in [6.07, 6.45) is 0.793. The van der Waals surface area contributed by atoms with Gasteiger partial charge in [-0.3, -0.25) is 14.9 Å². The maximum absolute atomic E-state index is 11.6. The van der Waals surface area contributed by atoms with Crippen LogP contribution in [-0.2, 0) is 9.59 Å². The van der Waals surface area contributed by atoms with E-state index in [2.05, 4.69) is 5.32 Å². The number of amides is 1. The van der Waals surface area contributed by atoms with Gasteiger partial charge in [-0.05, 0) is 25.8 Å². The number of carbonyl (C=O) groups excluding carboxylic acids is 1. The number of hydrogen-bond donors (Lipinski definition) is 2. The Bertz CT molecular complexity index is 417. The van der Waals surface area contributed by atoms with Crippen LogP contribution < -0.4 is 5.32 Å². The van der Waals surface area contributed by atoms with Gasteiger partial charge in [0.15, 0.2) is 5.88 Å². The standard InChI is InChI=1S/C10H11NO4/c1-6-2-3-7(15-6)11-8(12)10(4-5-10)9(13)14/h2-3H,4-5H2,1H3,(H,11,12)(H,13,14). The number of nitrogens with one attached hydrogen (secondary N) is 1. The Labute approximate surface area is 86.1 Å². The quantitative estimate of drug-likeness (QED) is 0.737. The molecule has 0 aromatic carbocycles. The zero-order valence-corrected chi connectivity index (χ0v) is 8.24. The smallest absolute Gasteiger partial charge is 0.319 e. The van der Waals surface area contributed by atoms with Crippen molar-refractivity contribution in [2.75, 3.05) is 5.32 Å². The summed E-state index contributed by atoms with van der Waals surface area (Å²) >= 11 is 0. The molecule has 1 saturated carbocycles. The number of hydrogen-bond acceptors (Lipinski definition) is 3. The number of furan rings is 1. The van der Waals surface area contributed by atoms with Gasteiger partial charge in [0.25, 0.3) is 0 Å². The lowest BCUT2D eigenvalue weighted by Gasteiger charge is -2.08. The van der Waals surface area contributed by atoms with Crippen LogP contribution >= 0.6 is 0 Å². The van der Waals surface area contributed by atoms with Gasteiger partial charge in [0.1, 0.15) is 11.2 Å². The van der Waals surface area contributed by atoms with Crippen LogP contribution in [0.3, 0.4) is 0 Å². The van der Waals surface area contributed by atoms with Gasteiger partial charge in [0, 0.05) is 6.07 Å². The molecular formula is C10H11NO4. The highest BCUT2D eigenvalue weighted by atomic mass is 16.4. The fourth-order valence-corrected chi connectivity index (χ4v) is 1.40. The van der Waals surface area contributed by atoms with Crippen LogP contribution in [0.5, 0.6) is 0 Å². The summed E-state index contributed by atoms with van der Waals surface area (Å²) in [5, 5.41) is 11.3. The molecule has 1 aliphatic carbocycles. The van der Waals surface area contributed by atoms with Crippen molar-refractivity contribution in [2.45, 2.75) is 19.8 Å². The minimum absolute atomic E-state index is 0.296. The Morgan fingerprint density at radius 3 is 2.53 bits per heavy atom. The number of carboxylic acids is 1. The van der Waals surface area contributed by atoms with Crippen LogP contribution in [0.25, 0.3) is 0 Å². The van der Waals surface area contributed by atoms with Crippen molar-refractivity contribution in [1.82, 2.24) is 0 Å². The Balaban J connectivity index is 2.08. The SMILES string of the molecule is Cc1ccc(NC(=O)C2(C(=O)O)CC2)o1. The van der Waals surface area contributed by atoms with Crippen molar-refractivity contribution in [3.63, 3.8) is 0 Å². The molecule has 2 rings (SSSR count). The highest BCUT2D eigenvalue weighted by Crippen LogP contribution is 2.46. The molecule has 0 saturated heterocycles. The average molecular weight is 209 g/mol. The van der Waals surface area contributed by atoms with Crippen molar-refractivity contribution < 1.29 is 19.1 Å². The van der Waals surface area contributed by atoms with Gasteiger partial charge in [0.05, 0.1) is 0 Å². The Morgan fingerprint density at radius 2 is 2.13 bits per heavy atom. The van der Waals surface area contributed by atoms with Crippen LogP contribution in [0.4, 0.5) is 5.88 Å². The van der Waals surface area contributed by atoms with Crippen LogP contribution in [-0.4, -0.2) is 17.0 Å². The lowest BCUT2D eigenvalue weighted by Crippen LogP contribution is -2.31. The summed E-state index contributed by atoms with van der Waals surface area (Å²) in [7, 11) is 0. The Kier molecular flexibility index (Phi) is 2.03. The highest BCUT2D eigenvalue weighted by Gasteiger charge is 2.57. The fraction of sp³-hybridized carbons (Fsp3) is 0.400. The first-order valence-electron chi connectivity index (χ1n) is 4.66. The van der Waals surface area contributed by atoms with Crippen molar-refractivity contribution in [3.05, 3.63) is 17.9 Å². The molecular weight excluding hydrogens is 198 g/mol. The fourth-order valence-electron chi connectivity index (χ4n) is 1.40. The van der Waals surface area contributed by atoms with E-state index in [-0.39, 0.29) is 0 Å². The molecule has 0 bridgehead atoms. The molecule has 0 unspecified atom stereocenters. The van der Waals surface area contributed by atoms with E-state index in [1.54, 1.807) is 19.1 Å². The van der Waals surface area contributed by atoms with Crippen molar-refractivity contribution >= 4 is 17.8 Å². The molecule has 2 N–H and O–H groups in total. The van der Waals surface area contributed by atoms with E-state index >= 15 is 0 Å². The van der Waals surface area contributed by atoms with Gasteiger partial charge in [-0.2, -0.15) is 0 Å². The van der Waals surface area contributed by atoms with Gasteiger partial charge < -0.3 is 9.52 Å². The molecule has 1 amide bonds. The molecule has 0 atom stereocenters. The molecule has 15 heavy (non-hydrogen) atoms. The predicted octanol–water partition coefficient (Wildman–Crippen LogP) is 1.39. The van der Waals surface area contributed by atoms with Crippen molar-refractivity contribution in [1.29, 1.82) is 0 Å². The molecule has 1 aliphatic rings. The number of aryl methyl sites for hydroxylation is 1. The average Bonchev–Trinajstić information content (AvgIpc) is 2.88. The first-order valence-corrected chi connectivity index (χ1v) is 4.66. The third-order valence-corrected chi connectivity index (χ3v) is 2.57. The van der Waals surface area contributed by atoms with Gasteiger partial charge in [-0.1, -0.05) is 0 Å². The minimum Gasteiger partial charge on any atom is -0.480 e. The zero-order valence-electron chi connectivity index (χ0n) is 8.24. The molecule has 1 fully saturated rings. The maximum Gasteiger partial charge on any atom is 0.319 e. The number of carboxylic acid groups (broad SMARTS) is 1. The Hall–Kier alpha value is -1.78. The topological polar surface area (TPSA) is 79.5 Å². The van der Waals surface area contributed by atoms with Crippen LogP contribution in [0.15, 0.2) is 16.5 Å². The van der Waals surface area contributed by atoms with E-state index in [9.17, 15) is 9.59 Å². The van der Waals surface area contributed by atoms with E-state index in [1.165, 1.54) is 0 Å². The second-order valence-electron chi connectivity index (χ2n) is 3.75. The third kappa shape index (κ3) is 1.60. The summed E-state index contributed by atoms with van der Waals surface area (Å²) in [6.45, 7) is 1.75. The molecule has 0 aliphatic heterocycles. The molecule has 5 heteroatoms. The van der Waals surface area contributed by atoms with Crippen molar-refractivity contribution in [2.24, 2.45) is 5.41 Å². The zero-order chi connectivity index (χ0) is 11.1. The van der Waals surface area contributed by atoms with E-state index < -0.39 is 17.3 Å².